The molecule has 0 aliphatic heterocycles. The zero-order valence-corrected chi connectivity index (χ0v) is 30.7. The van der Waals surface area contributed by atoms with Crippen LogP contribution in [0.4, 0.5) is 0 Å². The van der Waals surface area contributed by atoms with Crippen LogP contribution in [0.5, 0.6) is 0 Å². The molecule has 1 aromatic heterocycles. The Morgan fingerprint density at radius 3 is 1.33 bits per heavy atom. The Hall–Kier alpha value is -5.46. The first kappa shape index (κ1) is 30.4. The second-order valence-corrected chi connectivity index (χ2v) is 17.0. The molecule has 0 spiro atoms. The van der Waals surface area contributed by atoms with Gasteiger partial charge in [0.1, 0.15) is 0 Å². The Morgan fingerprint density at radius 1 is 0.353 bits per heavy atom. The predicted molar refractivity (Wildman–Crippen MR) is 223 cm³/mol. The summed E-state index contributed by atoms with van der Waals surface area (Å²) in [5.41, 5.74) is 9.35. The van der Waals surface area contributed by atoms with Gasteiger partial charge in [-0.05, 0) is 0 Å². The minimum atomic E-state index is 0.0145. The van der Waals surface area contributed by atoms with Crippen LogP contribution in [-0.4, -0.2) is 14.5 Å². The first-order valence-electron chi connectivity index (χ1n) is 17.9. The van der Waals surface area contributed by atoms with Crippen LogP contribution in [0.3, 0.4) is 0 Å². The zero-order valence-electron chi connectivity index (χ0n) is 29.0. The first-order valence-corrected chi connectivity index (χ1v) is 19.6. The van der Waals surface area contributed by atoms with E-state index in [2.05, 4.69) is 185 Å². The van der Waals surface area contributed by atoms with E-state index in [0.717, 1.165) is 0 Å². The van der Waals surface area contributed by atoms with Gasteiger partial charge in [-0.15, -0.1) is 0 Å². The van der Waals surface area contributed by atoms with Crippen molar-refractivity contribution in [2.75, 3.05) is 0 Å². The molecule has 0 fully saturated rings. The number of fused-ring (bicyclic) bond motifs is 7. The van der Waals surface area contributed by atoms with Crippen LogP contribution >= 0.6 is 0 Å². The van der Waals surface area contributed by atoms with Crippen molar-refractivity contribution < 1.29 is 0 Å². The quantitative estimate of drug-likeness (QED) is 0.126. The number of hydrogen-bond acceptors (Lipinski definition) is 0. The number of rotatable bonds is 3. The molecule has 0 unspecified atom stereocenters. The van der Waals surface area contributed by atoms with E-state index in [1.54, 1.807) is 0 Å². The molecule has 0 atom stereocenters. The van der Waals surface area contributed by atoms with E-state index in [-0.39, 0.29) is 19.9 Å². The van der Waals surface area contributed by atoms with Crippen molar-refractivity contribution in [3.63, 3.8) is 0 Å². The van der Waals surface area contributed by atoms with Crippen molar-refractivity contribution >= 4 is 76.9 Å². The topological polar surface area (TPSA) is 0 Å². The molecule has 1 heteroatoms. The van der Waals surface area contributed by atoms with Crippen molar-refractivity contribution in [3.05, 3.63) is 169 Å². The fraction of sp³-hybridized carbons (Fsp3) is 0.0800. The summed E-state index contributed by atoms with van der Waals surface area (Å²) in [6, 6.07) is 61.3. The molecule has 10 rings (SSSR count). The van der Waals surface area contributed by atoms with Gasteiger partial charge >= 0.3 is 306 Å². The van der Waals surface area contributed by atoms with Crippen LogP contribution in [0, 0.1) is 0 Å². The summed E-state index contributed by atoms with van der Waals surface area (Å²) in [6.45, 7) is 7.04. The third kappa shape index (κ3) is 4.66. The Kier molecular flexibility index (Phi) is 6.87. The molecule has 10 aromatic rings. The van der Waals surface area contributed by atoms with Crippen LogP contribution in [-0.2, 0) is 5.41 Å². The van der Waals surface area contributed by atoms with Crippen LogP contribution < -0.4 is 0 Å². The summed E-state index contributed by atoms with van der Waals surface area (Å²) in [4.78, 5) is 0. The third-order valence-corrected chi connectivity index (χ3v) is 13.3. The molecule has 9 aromatic carbocycles. The summed E-state index contributed by atoms with van der Waals surface area (Å²) >= 11 is 0.187. The van der Waals surface area contributed by atoms with Gasteiger partial charge < -0.3 is 0 Å². The van der Waals surface area contributed by atoms with Gasteiger partial charge in [-0.2, -0.15) is 0 Å². The predicted octanol–water partition coefficient (Wildman–Crippen LogP) is 14.0. The van der Waals surface area contributed by atoms with E-state index < -0.39 is 0 Å². The summed E-state index contributed by atoms with van der Waals surface area (Å²) < 4.78 is 2.95. The molecule has 242 valence electrons. The van der Waals surface area contributed by atoms with Gasteiger partial charge in [0.05, 0.1) is 0 Å². The summed E-state index contributed by atoms with van der Waals surface area (Å²) in [6.07, 6.45) is 0. The van der Waals surface area contributed by atoms with Crippen LogP contribution in [0.2, 0.25) is 0 Å². The fourth-order valence-electron chi connectivity index (χ4n) is 8.73. The number of hydrogen-bond donors (Lipinski definition) is 0. The SMILES string of the molecule is CC(C)(C)c1c2ccccc2c(-c2cccc3c2[se]c2ccc(-c4c5ccccc5c(-c5ccccc5)c5ccccc45)cc23)c2ccccc12. The van der Waals surface area contributed by atoms with Gasteiger partial charge in [0.25, 0.3) is 0 Å². The molecule has 0 aliphatic carbocycles. The van der Waals surface area contributed by atoms with E-state index in [1.165, 1.54) is 101 Å². The van der Waals surface area contributed by atoms with E-state index in [0.29, 0.717) is 0 Å². The Balaban J connectivity index is 1.26. The van der Waals surface area contributed by atoms with Crippen LogP contribution in [0.25, 0.3) is 95.8 Å². The molecule has 51 heavy (non-hydrogen) atoms. The normalized spacial score (nSPS) is 12.2. The second-order valence-electron chi connectivity index (χ2n) is 14.8. The zero-order chi connectivity index (χ0) is 34.3. The van der Waals surface area contributed by atoms with Gasteiger partial charge in [-0.25, -0.2) is 0 Å². The molecule has 0 nitrogen and oxygen atoms in total. The Morgan fingerprint density at radius 2 is 0.804 bits per heavy atom. The number of benzene rings is 9. The Labute approximate surface area is 304 Å². The molecule has 0 aliphatic rings. The minimum absolute atomic E-state index is 0.0145. The molecule has 0 saturated heterocycles. The van der Waals surface area contributed by atoms with Crippen molar-refractivity contribution in [2.24, 2.45) is 0 Å². The molecule has 0 amide bonds. The van der Waals surface area contributed by atoms with Gasteiger partial charge in [-0.3, -0.25) is 0 Å². The second kappa shape index (κ2) is 11.5. The summed E-state index contributed by atoms with van der Waals surface area (Å²) in [5.74, 6) is 0. The molecule has 0 N–H and O–H groups in total. The average molecular weight is 716 g/mol. The fourth-order valence-corrected chi connectivity index (χ4v) is 11.3. The van der Waals surface area contributed by atoms with Crippen molar-refractivity contribution in [2.45, 2.75) is 26.2 Å². The monoisotopic (exact) mass is 716 g/mol. The molecular weight excluding hydrogens is 680 g/mol. The third-order valence-electron chi connectivity index (χ3n) is 10.7. The van der Waals surface area contributed by atoms with E-state index >= 15 is 0 Å². The average Bonchev–Trinajstić information content (AvgIpc) is 3.54. The van der Waals surface area contributed by atoms with Crippen molar-refractivity contribution in [3.8, 4) is 33.4 Å². The molecule has 0 bridgehead atoms. The van der Waals surface area contributed by atoms with Crippen molar-refractivity contribution in [1.29, 1.82) is 0 Å². The van der Waals surface area contributed by atoms with Gasteiger partial charge in [0.15, 0.2) is 0 Å². The molecule has 1 heterocycles. The van der Waals surface area contributed by atoms with E-state index in [9.17, 15) is 0 Å². The van der Waals surface area contributed by atoms with Gasteiger partial charge in [0.2, 0.25) is 0 Å². The maximum atomic E-state index is 2.49. The van der Waals surface area contributed by atoms with Gasteiger partial charge in [0, 0.05) is 0 Å². The Bertz CT molecular complexity index is 2880. The summed E-state index contributed by atoms with van der Waals surface area (Å²) in [7, 11) is 0. The molecular formula is C50H36Se. The summed E-state index contributed by atoms with van der Waals surface area (Å²) in [5, 5.41) is 13.4. The van der Waals surface area contributed by atoms with Crippen LogP contribution in [0.15, 0.2) is 164 Å². The molecule has 0 radical (unpaired) electrons. The standard InChI is InChI=1S/C50H36Se/c1-50(2,3)48-39-24-13-11-22-37(39)47(38-23-12-14-25-40(38)48)42-27-15-26-41-43-30-32(28-29-44(43)51-49(41)42)46-35-20-9-7-18-33(35)45(31-16-5-4-6-17-31)34-19-8-10-21-36(34)46/h4-30H,1-3H3. The maximum absolute atomic E-state index is 2.49. The molecule has 0 saturated carbocycles. The van der Waals surface area contributed by atoms with E-state index in [4.69, 9.17) is 0 Å². The first-order chi connectivity index (χ1) is 25.0. The van der Waals surface area contributed by atoms with E-state index in [1.807, 2.05) is 0 Å². The van der Waals surface area contributed by atoms with Crippen LogP contribution in [0.1, 0.15) is 26.3 Å². The van der Waals surface area contributed by atoms with Gasteiger partial charge in [-0.1, -0.05) is 0 Å². The van der Waals surface area contributed by atoms with Crippen molar-refractivity contribution in [1.82, 2.24) is 0 Å².